The number of hydrogen-bond acceptors (Lipinski definition) is 8. The third kappa shape index (κ3) is 3.48. The van der Waals surface area contributed by atoms with Gasteiger partial charge in [-0.2, -0.15) is 0 Å². The lowest BCUT2D eigenvalue weighted by atomic mass is 9.66. The van der Waals surface area contributed by atoms with Crippen molar-refractivity contribution in [2.45, 2.75) is 31.3 Å². The Balaban J connectivity index is 1.52. The standard InChI is InChI=1S/C29H25ClN2O8/c1-12-7-18-22(26(34)29(12)27(35)23-19(38-3)11-20(39-4)24(30)25(23)40-29)15(10-21(33)31-18)16-9-13-8-14(37-2)5-6-17(13)32-28(16)36/h5-6,8-9,11-12,15H,7,10H2,1-4H3,(H,31,33)(H,32,36). The van der Waals surface area contributed by atoms with Crippen LogP contribution in [0.4, 0.5) is 0 Å². The summed E-state index contributed by atoms with van der Waals surface area (Å²) in [5.41, 5.74) is -1.03. The number of benzene rings is 2. The summed E-state index contributed by atoms with van der Waals surface area (Å²) in [4.78, 5) is 57.5. The van der Waals surface area contributed by atoms with Crippen LogP contribution in [0.2, 0.25) is 5.02 Å². The fourth-order valence-electron chi connectivity index (χ4n) is 6.04. The number of Topliss-reactive ketones (excluding diaryl/α,β-unsaturated/α-hetero) is 2. The molecule has 0 bridgehead atoms. The van der Waals surface area contributed by atoms with Crippen molar-refractivity contribution in [3.05, 3.63) is 68.1 Å². The molecular weight excluding hydrogens is 540 g/mol. The molecule has 40 heavy (non-hydrogen) atoms. The number of fused-ring (bicyclic) bond motifs is 2. The van der Waals surface area contributed by atoms with E-state index >= 15 is 0 Å². The van der Waals surface area contributed by atoms with E-state index in [1.807, 2.05) is 0 Å². The van der Waals surface area contributed by atoms with Crippen LogP contribution < -0.4 is 29.8 Å². The molecule has 3 aromatic rings. The Labute approximate surface area is 233 Å². The molecule has 0 saturated carbocycles. The van der Waals surface area contributed by atoms with Crippen molar-refractivity contribution in [3.63, 3.8) is 0 Å². The molecular formula is C29H25ClN2O8. The largest absolute Gasteiger partial charge is 0.497 e. The Morgan fingerprint density at radius 3 is 2.40 bits per heavy atom. The molecule has 3 heterocycles. The molecule has 1 aromatic heterocycles. The van der Waals surface area contributed by atoms with Gasteiger partial charge in [0.1, 0.15) is 27.8 Å². The molecule has 0 saturated heterocycles. The average molecular weight is 565 g/mol. The Hall–Kier alpha value is -4.31. The van der Waals surface area contributed by atoms with Crippen molar-refractivity contribution >= 4 is 40.0 Å². The minimum Gasteiger partial charge on any atom is -0.497 e. The van der Waals surface area contributed by atoms with Gasteiger partial charge in [-0.3, -0.25) is 19.2 Å². The highest BCUT2D eigenvalue weighted by molar-refractivity contribution is 6.36. The van der Waals surface area contributed by atoms with Crippen molar-refractivity contribution in [3.8, 4) is 23.0 Å². The number of hydrogen-bond donors (Lipinski definition) is 2. The summed E-state index contributed by atoms with van der Waals surface area (Å²) in [5, 5.41) is 3.50. The number of aromatic amines is 1. The molecule has 3 aliphatic rings. The third-order valence-corrected chi connectivity index (χ3v) is 8.37. The van der Waals surface area contributed by atoms with E-state index in [0.29, 0.717) is 22.3 Å². The molecule has 0 fully saturated rings. The lowest BCUT2D eigenvalue weighted by molar-refractivity contribution is -0.131. The number of aromatic nitrogens is 1. The lowest BCUT2D eigenvalue weighted by Gasteiger charge is -2.41. The first kappa shape index (κ1) is 25.9. The van der Waals surface area contributed by atoms with Gasteiger partial charge < -0.3 is 29.2 Å². The van der Waals surface area contributed by atoms with Gasteiger partial charge in [0.2, 0.25) is 23.1 Å². The molecule has 3 unspecified atom stereocenters. The number of ether oxygens (including phenoxy) is 4. The Bertz CT molecular complexity index is 1740. The molecule has 10 nitrogen and oxygen atoms in total. The monoisotopic (exact) mass is 564 g/mol. The van der Waals surface area contributed by atoms with Gasteiger partial charge in [-0.15, -0.1) is 0 Å². The van der Waals surface area contributed by atoms with Crippen LogP contribution in [0.5, 0.6) is 23.0 Å². The summed E-state index contributed by atoms with van der Waals surface area (Å²) in [6.07, 6.45) is -0.00789. The first-order valence-electron chi connectivity index (χ1n) is 12.6. The Kier molecular flexibility index (Phi) is 5.92. The predicted molar refractivity (Wildman–Crippen MR) is 145 cm³/mol. The first-order valence-corrected chi connectivity index (χ1v) is 13.0. The van der Waals surface area contributed by atoms with Crippen LogP contribution in [0, 0.1) is 5.92 Å². The summed E-state index contributed by atoms with van der Waals surface area (Å²) in [6.45, 7) is 1.70. The van der Waals surface area contributed by atoms with Crippen LogP contribution in [-0.4, -0.2) is 49.4 Å². The fourth-order valence-corrected chi connectivity index (χ4v) is 6.31. The number of methoxy groups -OCH3 is 3. The summed E-state index contributed by atoms with van der Waals surface area (Å²) in [6, 6.07) is 8.31. The maximum Gasteiger partial charge on any atom is 0.252 e. The third-order valence-electron chi connectivity index (χ3n) is 8.01. The predicted octanol–water partition coefficient (Wildman–Crippen LogP) is 3.69. The van der Waals surface area contributed by atoms with Crippen LogP contribution in [0.25, 0.3) is 10.9 Å². The van der Waals surface area contributed by atoms with E-state index in [9.17, 15) is 19.2 Å². The molecule has 1 aliphatic carbocycles. The van der Waals surface area contributed by atoms with Crippen LogP contribution in [0.3, 0.4) is 0 Å². The van der Waals surface area contributed by atoms with Crippen molar-refractivity contribution < 1.29 is 33.3 Å². The summed E-state index contributed by atoms with van der Waals surface area (Å²) in [5.74, 6) is -2.19. The number of ketones is 2. The van der Waals surface area contributed by atoms with E-state index in [4.69, 9.17) is 30.5 Å². The Morgan fingerprint density at radius 1 is 0.950 bits per heavy atom. The van der Waals surface area contributed by atoms with E-state index in [1.54, 1.807) is 31.2 Å². The molecule has 1 spiro atoms. The number of carbonyl (C=O) groups is 3. The minimum atomic E-state index is -1.96. The number of amides is 1. The molecule has 1 amide bonds. The van der Waals surface area contributed by atoms with Crippen LogP contribution in [0.1, 0.15) is 41.6 Å². The molecule has 6 rings (SSSR count). The highest BCUT2D eigenvalue weighted by atomic mass is 35.5. The SMILES string of the molecule is COc1ccc2[nH]c(=O)c(C3CC(=O)NC4=C3C(=O)C3(Oc5c(Cl)c(OC)cc(OC)c5C3=O)C(C)C4)cc2c1. The molecule has 3 atom stereocenters. The van der Waals surface area contributed by atoms with Gasteiger partial charge in [-0.1, -0.05) is 18.5 Å². The highest BCUT2D eigenvalue weighted by Gasteiger charge is 2.63. The highest BCUT2D eigenvalue weighted by Crippen LogP contribution is 2.55. The second-order valence-corrected chi connectivity index (χ2v) is 10.5. The van der Waals surface area contributed by atoms with E-state index < -0.39 is 34.6 Å². The van der Waals surface area contributed by atoms with Crippen LogP contribution >= 0.6 is 11.6 Å². The molecule has 2 aromatic carbocycles. The number of allylic oxidation sites excluding steroid dienone is 1. The van der Waals surface area contributed by atoms with Gasteiger partial charge >= 0.3 is 0 Å². The molecule has 0 radical (unpaired) electrons. The topological polar surface area (TPSA) is 133 Å². The van der Waals surface area contributed by atoms with E-state index in [2.05, 4.69) is 10.3 Å². The van der Waals surface area contributed by atoms with E-state index in [1.165, 1.54) is 27.4 Å². The maximum atomic E-state index is 14.5. The van der Waals surface area contributed by atoms with Gasteiger partial charge in [-0.05, 0) is 30.7 Å². The zero-order valence-corrected chi connectivity index (χ0v) is 22.9. The molecule has 2 N–H and O–H groups in total. The van der Waals surface area contributed by atoms with E-state index in [-0.39, 0.29) is 57.7 Å². The maximum absolute atomic E-state index is 14.5. The van der Waals surface area contributed by atoms with Gasteiger partial charge in [0.15, 0.2) is 5.75 Å². The summed E-state index contributed by atoms with van der Waals surface area (Å²) in [7, 11) is 4.34. The molecule has 206 valence electrons. The lowest BCUT2D eigenvalue weighted by Crippen LogP contribution is -2.59. The number of H-pyrrole nitrogens is 1. The number of pyridine rings is 1. The van der Waals surface area contributed by atoms with Crippen LogP contribution in [-0.2, 0) is 9.59 Å². The summed E-state index contributed by atoms with van der Waals surface area (Å²) < 4.78 is 22.3. The van der Waals surface area contributed by atoms with Gasteiger partial charge in [0.05, 0.1) is 21.3 Å². The summed E-state index contributed by atoms with van der Waals surface area (Å²) >= 11 is 6.53. The first-order chi connectivity index (χ1) is 19.1. The quantitative estimate of drug-likeness (QED) is 0.458. The van der Waals surface area contributed by atoms with Gasteiger partial charge in [-0.25, -0.2) is 0 Å². The van der Waals surface area contributed by atoms with Crippen molar-refractivity contribution in [2.24, 2.45) is 5.92 Å². The second kappa shape index (κ2) is 9.12. The van der Waals surface area contributed by atoms with E-state index in [0.717, 1.165) is 0 Å². The molecule has 11 heteroatoms. The van der Waals surface area contributed by atoms with Gasteiger partial charge in [0, 0.05) is 52.1 Å². The normalized spacial score (nSPS) is 23.6. The molecule has 2 aliphatic heterocycles. The average Bonchev–Trinajstić information content (AvgIpc) is 3.25. The number of halogens is 1. The second-order valence-electron chi connectivity index (χ2n) is 10.1. The van der Waals surface area contributed by atoms with Crippen molar-refractivity contribution in [1.82, 2.24) is 10.3 Å². The number of nitrogens with one attached hydrogen (secondary N) is 2. The zero-order chi connectivity index (χ0) is 28.5. The smallest absolute Gasteiger partial charge is 0.252 e. The Morgan fingerprint density at radius 2 is 1.70 bits per heavy atom. The fraction of sp³-hybridized carbons (Fsp3) is 0.310. The zero-order valence-electron chi connectivity index (χ0n) is 22.1. The minimum absolute atomic E-state index is 0.000779. The van der Waals surface area contributed by atoms with Crippen LogP contribution in [0.15, 0.2) is 46.4 Å². The van der Waals surface area contributed by atoms with Gasteiger partial charge in [0.25, 0.3) is 5.56 Å². The number of rotatable bonds is 4. The van der Waals surface area contributed by atoms with Crippen molar-refractivity contribution in [1.29, 1.82) is 0 Å². The number of carbonyl (C=O) groups excluding carboxylic acids is 3. The van der Waals surface area contributed by atoms with Crippen molar-refractivity contribution in [2.75, 3.05) is 21.3 Å².